The molecule has 166 valence electrons. The quantitative estimate of drug-likeness (QED) is 0.344. The summed E-state index contributed by atoms with van der Waals surface area (Å²) in [4.78, 5) is 0. The monoisotopic (exact) mass is 400 g/mol. The highest BCUT2D eigenvalue weighted by atomic mass is 16.7. The summed E-state index contributed by atoms with van der Waals surface area (Å²) in [6, 6.07) is 0. The largest absolute Gasteiger partial charge is 0.378 e. The van der Waals surface area contributed by atoms with Crippen molar-refractivity contribution in [2.45, 2.75) is 128 Å². The maximum Gasteiger partial charge on any atom is 0.157 e. The first kappa shape index (κ1) is 24.1. The van der Waals surface area contributed by atoms with Crippen molar-refractivity contribution >= 4 is 0 Å². The zero-order valence-corrected chi connectivity index (χ0v) is 18.9. The molecule has 0 aromatic heterocycles. The summed E-state index contributed by atoms with van der Waals surface area (Å²) >= 11 is 0. The van der Waals surface area contributed by atoms with Gasteiger partial charge in [0.15, 0.2) is 6.29 Å². The van der Waals surface area contributed by atoms with E-state index < -0.39 is 0 Å². The van der Waals surface area contributed by atoms with Gasteiger partial charge >= 0.3 is 0 Å². The zero-order chi connectivity index (χ0) is 20.5. The number of unbranched alkanes of at least 4 members (excludes halogenated alkanes) is 6. The lowest BCUT2D eigenvalue weighted by atomic mass is 9.80. The molecule has 0 aliphatic carbocycles. The molecule has 0 aromatic carbocycles. The lowest BCUT2D eigenvalue weighted by Crippen LogP contribution is -2.60. The van der Waals surface area contributed by atoms with E-state index in [9.17, 15) is 0 Å². The van der Waals surface area contributed by atoms with Gasteiger partial charge in [0.2, 0.25) is 0 Å². The molecule has 2 heterocycles. The van der Waals surface area contributed by atoms with Crippen molar-refractivity contribution in [2.24, 2.45) is 0 Å². The first-order valence-corrected chi connectivity index (χ1v) is 11.7. The molecule has 0 spiro atoms. The van der Waals surface area contributed by atoms with Crippen LogP contribution >= 0.6 is 0 Å². The van der Waals surface area contributed by atoms with E-state index in [-0.39, 0.29) is 17.4 Å². The predicted octanol–water partition coefficient (Wildman–Crippen LogP) is 4.94. The highest BCUT2D eigenvalue weighted by Crippen LogP contribution is 2.37. The van der Waals surface area contributed by atoms with E-state index in [0.717, 1.165) is 51.9 Å². The molecule has 1 unspecified atom stereocenters. The molecule has 0 amide bonds. The number of ether oxygens (including phenoxy) is 3. The SMILES string of the molecule is CC1(C)CC(OCCCCCCCCCOC2CCCCO2)CC(C)(C)N1[OH2+]. The Balaban J connectivity index is 1.40. The van der Waals surface area contributed by atoms with Gasteiger partial charge in [-0.05, 0) is 72.6 Å². The topological polar surface area (TPSA) is 53.8 Å². The highest BCUT2D eigenvalue weighted by Gasteiger charge is 2.48. The molecule has 5 heteroatoms. The van der Waals surface area contributed by atoms with Crippen LogP contribution in [0.25, 0.3) is 0 Å². The third kappa shape index (κ3) is 8.27. The lowest BCUT2D eigenvalue weighted by molar-refractivity contribution is -0.261. The van der Waals surface area contributed by atoms with Gasteiger partial charge in [0.05, 0.1) is 17.2 Å². The van der Waals surface area contributed by atoms with Gasteiger partial charge in [-0.1, -0.05) is 37.2 Å². The molecule has 2 N–H and O–H groups in total. The second kappa shape index (κ2) is 11.8. The van der Waals surface area contributed by atoms with E-state index in [4.69, 9.17) is 19.4 Å². The molecule has 0 saturated carbocycles. The number of piperidine rings is 1. The van der Waals surface area contributed by atoms with Crippen LogP contribution in [0.3, 0.4) is 0 Å². The van der Waals surface area contributed by atoms with Crippen LogP contribution in [0.5, 0.6) is 0 Å². The molecule has 2 aliphatic rings. The van der Waals surface area contributed by atoms with Crippen LogP contribution in [0.4, 0.5) is 0 Å². The second-order valence-electron chi connectivity index (χ2n) is 10.0. The van der Waals surface area contributed by atoms with Gasteiger partial charge in [-0.15, -0.1) is 0 Å². The minimum Gasteiger partial charge on any atom is -0.378 e. The van der Waals surface area contributed by atoms with Crippen LogP contribution in [0.15, 0.2) is 0 Å². The van der Waals surface area contributed by atoms with Gasteiger partial charge in [-0.2, -0.15) is 0 Å². The summed E-state index contributed by atoms with van der Waals surface area (Å²) < 4.78 is 17.6. The molecule has 0 radical (unpaired) electrons. The van der Waals surface area contributed by atoms with Crippen molar-refractivity contribution in [3.63, 3.8) is 0 Å². The van der Waals surface area contributed by atoms with Gasteiger partial charge in [0.25, 0.3) is 0 Å². The average molecular weight is 401 g/mol. The van der Waals surface area contributed by atoms with Gasteiger partial charge in [0.1, 0.15) is 0 Å². The van der Waals surface area contributed by atoms with E-state index >= 15 is 0 Å². The number of hydroxylamine groups is 2. The maximum atomic E-state index is 8.33. The standard InChI is InChI=1S/C23H45NO4/c1-22(2)18-20(19-23(3,4)24(22)25)26-15-11-8-6-5-7-9-12-16-27-21-14-10-13-17-28-21/h20-21,25H,5-19H2,1-4H3/p+1. The van der Waals surface area contributed by atoms with Crippen LogP contribution in [0.1, 0.15) is 105 Å². The molecule has 2 aliphatic heterocycles. The fourth-order valence-corrected chi connectivity index (χ4v) is 4.70. The normalized spacial score (nSPS) is 25.8. The summed E-state index contributed by atoms with van der Waals surface area (Å²) in [5.41, 5.74) is -0.224. The Morgan fingerprint density at radius 3 is 1.89 bits per heavy atom. The average Bonchev–Trinajstić information content (AvgIpc) is 2.64. The summed E-state index contributed by atoms with van der Waals surface area (Å²) in [6.45, 7) is 11.2. The van der Waals surface area contributed by atoms with Gasteiger partial charge < -0.3 is 19.4 Å². The number of rotatable bonds is 12. The Morgan fingerprint density at radius 2 is 1.36 bits per heavy atom. The zero-order valence-electron chi connectivity index (χ0n) is 18.9. The minimum atomic E-state index is -0.112. The Labute approximate surface area is 173 Å². The molecular weight excluding hydrogens is 354 g/mol. The molecule has 2 rings (SSSR count). The smallest absolute Gasteiger partial charge is 0.157 e. The van der Waals surface area contributed by atoms with E-state index in [1.54, 1.807) is 5.06 Å². The molecule has 0 aromatic rings. The van der Waals surface area contributed by atoms with Gasteiger partial charge in [0, 0.05) is 19.8 Å². The highest BCUT2D eigenvalue weighted by molar-refractivity contribution is 4.96. The summed E-state index contributed by atoms with van der Waals surface area (Å²) in [5, 5.41) is 10.1. The van der Waals surface area contributed by atoms with Crippen molar-refractivity contribution in [3.8, 4) is 0 Å². The summed E-state index contributed by atoms with van der Waals surface area (Å²) in [5.74, 6) is 0. The maximum absolute atomic E-state index is 8.33. The van der Waals surface area contributed by atoms with Gasteiger partial charge in [-0.25, -0.2) is 0 Å². The third-order valence-electron chi connectivity index (χ3n) is 6.25. The molecule has 5 nitrogen and oxygen atoms in total. The Morgan fingerprint density at radius 1 is 0.821 bits per heavy atom. The molecule has 1 atom stereocenters. The van der Waals surface area contributed by atoms with Crippen LogP contribution in [-0.4, -0.2) is 53.6 Å². The Hall–Kier alpha value is -0.200. The van der Waals surface area contributed by atoms with Gasteiger partial charge in [-0.3, -0.25) is 0 Å². The van der Waals surface area contributed by atoms with Crippen molar-refractivity contribution in [1.82, 2.24) is 5.06 Å². The Kier molecular flexibility index (Phi) is 10.2. The van der Waals surface area contributed by atoms with Crippen LogP contribution in [0.2, 0.25) is 0 Å². The van der Waals surface area contributed by atoms with Crippen LogP contribution in [-0.2, 0) is 14.2 Å². The van der Waals surface area contributed by atoms with Crippen molar-refractivity contribution in [2.75, 3.05) is 19.8 Å². The van der Waals surface area contributed by atoms with Crippen molar-refractivity contribution < 1.29 is 19.4 Å². The number of hydrogen-bond donors (Lipinski definition) is 0. The second-order valence-corrected chi connectivity index (χ2v) is 10.0. The first-order chi connectivity index (χ1) is 13.3. The fraction of sp³-hybridized carbons (Fsp3) is 1.00. The Bertz CT molecular complexity index is 403. The molecule has 2 fully saturated rings. The first-order valence-electron chi connectivity index (χ1n) is 11.7. The van der Waals surface area contributed by atoms with E-state index in [2.05, 4.69) is 27.7 Å². The molecule has 28 heavy (non-hydrogen) atoms. The third-order valence-corrected chi connectivity index (χ3v) is 6.25. The summed E-state index contributed by atoms with van der Waals surface area (Å²) in [6.07, 6.45) is 14.5. The summed E-state index contributed by atoms with van der Waals surface area (Å²) in [7, 11) is 0. The minimum absolute atomic E-state index is 0.0678. The number of hydrogen-bond acceptors (Lipinski definition) is 4. The van der Waals surface area contributed by atoms with Crippen LogP contribution in [0, 0.1) is 0 Å². The molecule has 2 saturated heterocycles. The lowest BCUT2D eigenvalue weighted by Gasteiger charge is -2.47. The molecular formula is C23H46NO4+. The van der Waals surface area contributed by atoms with Crippen LogP contribution < -0.4 is 0 Å². The van der Waals surface area contributed by atoms with E-state index in [1.807, 2.05) is 0 Å². The fourth-order valence-electron chi connectivity index (χ4n) is 4.70. The number of nitrogens with zero attached hydrogens (tertiary/aromatic N) is 1. The molecule has 0 bridgehead atoms. The predicted molar refractivity (Wildman–Crippen MR) is 114 cm³/mol. The van der Waals surface area contributed by atoms with Crippen molar-refractivity contribution in [1.29, 1.82) is 0 Å². The van der Waals surface area contributed by atoms with Crippen molar-refractivity contribution in [3.05, 3.63) is 0 Å². The van der Waals surface area contributed by atoms with E-state index in [1.165, 1.54) is 44.9 Å². The van der Waals surface area contributed by atoms with E-state index in [0.29, 0.717) is 6.10 Å².